The first kappa shape index (κ1) is 16.0. The van der Waals surface area contributed by atoms with Crippen molar-refractivity contribution in [3.63, 3.8) is 0 Å². The van der Waals surface area contributed by atoms with Crippen molar-refractivity contribution in [3.05, 3.63) is 35.9 Å². The molecule has 6 nitrogen and oxygen atoms in total. The molecule has 0 aromatic heterocycles. The molecule has 0 radical (unpaired) electrons. The fourth-order valence-electron chi connectivity index (χ4n) is 3.60. The predicted octanol–water partition coefficient (Wildman–Crippen LogP) is 1.38. The number of nitrogens with zero attached hydrogens (tertiary/aromatic N) is 1. The van der Waals surface area contributed by atoms with E-state index >= 15 is 0 Å². The highest BCUT2D eigenvalue weighted by Crippen LogP contribution is 2.38. The van der Waals surface area contributed by atoms with Gasteiger partial charge in [0.15, 0.2) is 9.84 Å². The highest BCUT2D eigenvalue weighted by Gasteiger charge is 2.48. The molecule has 2 unspecified atom stereocenters. The maximum atomic E-state index is 12.8. The Labute approximate surface area is 135 Å². The van der Waals surface area contributed by atoms with Crippen molar-refractivity contribution in [1.29, 1.82) is 0 Å². The Morgan fingerprint density at radius 2 is 1.78 bits per heavy atom. The first-order valence-electron chi connectivity index (χ1n) is 7.73. The molecule has 0 aliphatic carbocycles. The van der Waals surface area contributed by atoms with E-state index in [1.165, 1.54) is 4.90 Å². The van der Waals surface area contributed by atoms with Gasteiger partial charge in [0.25, 0.3) is 0 Å². The van der Waals surface area contributed by atoms with Gasteiger partial charge in [-0.05, 0) is 31.2 Å². The average molecular weight is 337 g/mol. The molecule has 0 saturated carbocycles. The van der Waals surface area contributed by atoms with E-state index in [2.05, 4.69) is 0 Å². The standard InChI is InChI=1S/C16H19NO5S/c18-15(14-7-4-10-23(14,21)22)17-12(8-9-13(17)16(19)20)11-5-2-1-3-6-11/h1-3,5-6,12-14H,4,7-10H2,(H,19,20)/t12-,13?,14?/m0/s1. The second kappa shape index (κ2) is 5.96. The number of amides is 1. The minimum atomic E-state index is -3.46. The lowest BCUT2D eigenvalue weighted by Gasteiger charge is -2.30. The van der Waals surface area contributed by atoms with Crippen LogP contribution < -0.4 is 0 Å². The van der Waals surface area contributed by atoms with Crippen LogP contribution in [0.15, 0.2) is 30.3 Å². The molecule has 1 N–H and O–H groups in total. The molecule has 124 valence electrons. The van der Waals surface area contributed by atoms with E-state index < -0.39 is 33.0 Å². The van der Waals surface area contributed by atoms with Crippen LogP contribution in [0.4, 0.5) is 0 Å². The fourth-order valence-corrected chi connectivity index (χ4v) is 5.41. The smallest absolute Gasteiger partial charge is 0.326 e. The molecule has 0 spiro atoms. The summed E-state index contributed by atoms with van der Waals surface area (Å²) in [5.41, 5.74) is 0.847. The number of carbonyl (C=O) groups excluding carboxylic acids is 1. The number of likely N-dealkylation sites (tertiary alicyclic amines) is 1. The van der Waals surface area contributed by atoms with Crippen molar-refractivity contribution >= 4 is 21.7 Å². The molecule has 2 aliphatic heterocycles. The summed E-state index contributed by atoms with van der Waals surface area (Å²) in [6.45, 7) is 0. The third-order valence-electron chi connectivity index (χ3n) is 4.71. The van der Waals surface area contributed by atoms with Gasteiger partial charge < -0.3 is 10.0 Å². The zero-order valence-electron chi connectivity index (χ0n) is 12.6. The summed E-state index contributed by atoms with van der Waals surface area (Å²) in [5, 5.41) is 8.34. The minimum Gasteiger partial charge on any atom is -0.480 e. The normalized spacial score (nSPS) is 29.6. The number of sulfone groups is 1. The van der Waals surface area contributed by atoms with Crippen molar-refractivity contribution in [1.82, 2.24) is 4.90 Å². The zero-order valence-corrected chi connectivity index (χ0v) is 13.4. The topological polar surface area (TPSA) is 91.8 Å². The van der Waals surface area contributed by atoms with Crippen LogP contribution in [-0.2, 0) is 19.4 Å². The van der Waals surface area contributed by atoms with Gasteiger partial charge in [-0.2, -0.15) is 0 Å². The van der Waals surface area contributed by atoms with Crippen LogP contribution in [0, 0.1) is 0 Å². The van der Waals surface area contributed by atoms with Crippen LogP contribution in [0.3, 0.4) is 0 Å². The Hall–Kier alpha value is -1.89. The van der Waals surface area contributed by atoms with Gasteiger partial charge in [-0.15, -0.1) is 0 Å². The van der Waals surface area contributed by atoms with Gasteiger partial charge in [-0.25, -0.2) is 13.2 Å². The molecular weight excluding hydrogens is 318 g/mol. The molecule has 2 fully saturated rings. The van der Waals surface area contributed by atoms with E-state index in [0.29, 0.717) is 19.3 Å². The van der Waals surface area contributed by atoms with Crippen LogP contribution in [0.25, 0.3) is 0 Å². The van der Waals surface area contributed by atoms with E-state index in [4.69, 9.17) is 0 Å². The number of hydrogen-bond acceptors (Lipinski definition) is 4. The number of rotatable bonds is 3. The summed E-state index contributed by atoms with van der Waals surface area (Å²) >= 11 is 0. The first-order chi connectivity index (χ1) is 10.9. The molecule has 3 atom stereocenters. The highest BCUT2D eigenvalue weighted by atomic mass is 32.2. The number of benzene rings is 1. The Morgan fingerprint density at radius 3 is 2.35 bits per heavy atom. The third kappa shape index (κ3) is 2.85. The largest absolute Gasteiger partial charge is 0.480 e. The van der Waals surface area contributed by atoms with Gasteiger partial charge in [-0.1, -0.05) is 30.3 Å². The van der Waals surface area contributed by atoms with Crippen molar-refractivity contribution < 1.29 is 23.1 Å². The highest BCUT2D eigenvalue weighted by molar-refractivity contribution is 7.93. The molecule has 0 bridgehead atoms. The van der Waals surface area contributed by atoms with Gasteiger partial charge in [-0.3, -0.25) is 4.79 Å². The second-order valence-corrected chi connectivity index (χ2v) is 8.40. The number of aliphatic carboxylic acids is 1. The molecule has 1 amide bonds. The van der Waals surface area contributed by atoms with Gasteiger partial charge in [0.2, 0.25) is 5.91 Å². The lowest BCUT2D eigenvalue weighted by Crippen LogP contribution is -2.47. The van der Waals surface area contributed by atoms with Crippen molar-refractivity contribution in [3.8, 4) is 0 Å². The quantitative estimate of drug-likeness (QED) is 0.899. The SMILES string of the molecule is O=C(O)C1CC[C@@H](c2ccccc2)N1C(=O)C1CCCS1(=O)=O. The summed E-state index contributed by atoms with van der Waals surface area (Å²) in [7, 11) is -3.46. The summed E-state index contributed by atoms with van der Waals surface area (Å²) in [6.07, 6.45) is 1.61. The summed E-state index contributed by atoms with van der Waals surface area (Å²) in [4.78, 5) is 25.7. The van der Waals surface area contributed by atoms with Crippen LogP contribution in [0.1, 0.15) is 37.3 Å². The Bertz CT molecular complexity index is 715. The molecule has 2 saturated heterocycles. The number of carbonyl (C=O) groups is 2. The van der Waals surface area contributed by atoms with Crippen LogP contribution in [0.2, 0.25) is 0 Å². The Balaban J connectivity index is 1.96. The van der Waals surface area contributed by atoms with Gasteiger partial charge in [0.05, 0.1) is 11.8 Å². The third-order valence-corrected chi connectivity index (χ3v) is 6.88. The monoisotopic (exact) mass is 337 g/mol. The first-order valence-corrected chi connectivity index (χ1v) is 9.45. The molecular formula is C16H19NO5S. The lowest BCUT2D eigenvalue weighted by molar-refractivity contribution is -0.149. The van der Waals surface area contributed by atoms with E-state index in [1.54, 1.807) is 0 Å². The summed E-state index contributed by atoms with van der Waals surface area (Å²) in [5.74, 6) is -1.63. The van der Waals surface area contributed by atoms with Crippen LogP contribution in [0.5, 0.6) is 0 Å². The Kier molecular flexibility index (Phi) is 4.14. The summed E-state index contributed by atoms with van der Waals surface area (Å²) < 4.78 is 24.2. The molecule has 2 heterocycles. The van der Waals surface area contributed by atoms with E-state index in [1.807, 2.05) is 30.3 Å². The van der Waals surface area contributed by atoms with Gasteiger partial charge in [0, 0.05) is 0 Å². The molecule has 1 aromatic carbocycles. The maximum Gasteiger partial charge on any atom is 0.326 e. The predicted molar refractivity (Wildman–Crippen MR) is 83.5 cm³/mol. The van der Waals surface area contributed by atoms with Crippen LogP contribution in [-0.4, -0.2) is 47.3 Å². The molecule has 3 rings (SSSR count). The fraction of sp³-hybridized carbons (Fsp3) is 0.500. The average Bonchev–Trinajstić information content (AvgIpc) is 3.10. The number of carboxylic acid groups (broad SMARTS) is 1. The van der Waals surface area contributed by atoms with Gasteiger partial charge in [0.1, 0.15) is 11.3 Å². The van der Waals surface area contributed by atoms with Crippen molar-refractivity contribution in [2.75, 3.05) is 5.75 Å². The zero-order chi connectivity index (χ0) is 16.6. The van der Waals surface area contributed by atoms with Crippen LogP contribution >= 0.6 is 0 Å². The number of hydrogen-bond donors (Lipinski definition) is 1. The van der Waals surface area contributed by atoms with E-state index in [9.17, 15) is 23.1 Å². The summed E-state index contributed by atoms with van der Waals surface area (Å²) in [6, 6.07) is 7.87. The van der Waals surface area contributed by atoms with Crippen molar-refractivity contribution in [2.24, 2.45) is 0 Å². The second-order valence-electron chi connectivity index (χ2n) is 6.10. The van der Waals surface area contributed by atoms with E-state index in [0.717, 1.165) is 5.56 Å². The molecule has 1 aromatic rings. The van der Waals surface area contributed by atoms with Gasteiger partial charge >= 0.3 is 5.97 Å². The molecule has 2 aliphatic rings. The van der Waals surface area contributed by atoms with Crippen molar-refractivity contribution in [2.45, 2.75) is 43.0 Å². The molecule has 7 heteroatoms. The number of carboxylic acids is 1. The lowest BCUT2D eigenvalue weighted by atomic mass is 10.0. The molecule has 23 heavy (non-hydrogen) atoms. The maximum absolute atomic E-state index is 12.8. The minimum absolute atomic E-state index is 0.00495. The van der Waals surface area contributed by atoms with E-state index in [-0.39, 0.29) is 18.2 Å². The Morgan fingerprint density at radius 1 is 1.09 bits per heavy atom.